The molecule has 1 atom stereocenters. The summed E-state index contributed by atoms with van der Waals surface area (Å²) in [6.07, 6.45) is 5.63. The van der Waals surface area contributed by atoms with Crippen LogP contribution in [0.3, 0.4) is 0 Å². The standard InChI is InChI=1S/C15H25N3O5/c1-2-5-13(12-7-8-12)17(15-16-9-11-22-15)14(19)6-3-4-10-23-18(20)21/h12-13H,2-11H2,1H3. The summed E-state index contributed by atoms with van der Waals surface area (Å²) < 4.78 is 5.54. The molecule has 0 radical (unpaired) electrons. The predicted octanol–water partition coefficient (Wildman–Crippen LogP) is 2.16. The fourth-order valence-corrected chi connectivity index (χ4v) is 2.89. The molecule has 0 N–H and O–H groups in total. The van der Waals surface area contributed by atoms with Gasteiger partial charge in [-0.1, -0.05) is 13.3 Å². The van der Waals surface area contributed by atoms with E-state index in [1.807, 2.05) is 0 Å². The first-order chi connectivity index (χ1) is 11.1. The number of unbranched alkanes of at least 4 members (excludes halogenated alkanes) is 1. The van der Waals surface area contributed by atoms with E-state index in [1.54, 1.807) is 4.90 Å². The van der Waals surface area contributed by atoms with Crippen LogP contribution in [0.25, 0.3) is 0 Å². The molecule has 8 heteroatoms. The molecule has 1 amide bonds. The highest BCUT2D eigenvalue weighted by Gasteiger charge is 2.40. The summed E-state index contributed by atoms with van der Waals surface area (Å²) in [5.74, 6) is 0.542. The minimum atomic E-state index is -0.806. The Hall–Kier alpha value is -1.86. The zero-order chi connectivity index (χ0) is 16.7. The van der Waals surface area contributed by atoms with E-state index in [4.69, 9.17) is 4.74 Å². The zero-order valence-corrected chi connectivity index (χ0v) is 13.6. The van der Waals surface area contributed by atoms with Crippen molar-refractivity contribution in [2.24, 2.45) is 10.9 Å². The van der Waals surface area contributed by atoms with Crippen molar-refractivity contribution >= 4 is 11.9 Å². The molecule has 0 aromatic carbocycles. The number of carbonyl (C=O) groups excluding carboxylic acids is 1. The van der Waals surface area contributed by atoms with E-state index in [0.717, 1.165) is 25.7 Å². The number of amides is 1. The topological polar surface area (TPSA) is 94.3 Å². The third kappa shape index (κ3) is 5.37. The first-order valence-electron chi connectivity index (χ1n) is 8.40. The number of nitrogens with zero attached hydrogens (tertiary/aromatic N) is 3. The maximum absolute atomic E-state index is 12.7. The number of amidine groups is 1. The molecular weight excluding hydrogens is 302 g/mol. The maximum Gasteiger partial charge on any atom is 0.294 e. The first-order valence-corrected chi connectivity index (χ1v) is 8.40. The first kappa shape index (κ1) is 17.5. The van der Waals surface area contributed by atoms with Gasteiger partial charge in [0.15, 0.2) is 0 Å². The van der Waals surface area contributed by atoms with E-state index in [-0.39, 0.29) is 18.6 Å². The van der Waals surface area contributed by atoms with Crippen molar-refractivity contribution in [2.45, 2.75) is 57.9 Å². The molecule has 130 valence electrons. The second-order valence-corrected chi connectivity index (χ2v) is 5.98. The lowest BCUT2D eigenvalue weighted by molar-refractivity contribution is -0.757. The average molecular weight is 327 g/mol. The van der Waals surface area contributed by atoms with Gasteiger partial charge in [0.25, 0.3) is 11.1 Å². The summed E-state index contributed by atoms with van der Waals surface area (Å²) in [6.45, 7) is 3.27. The van der Waals surface area contributed by atoms with Gasteiger partial charge in [0.2, 0.25) is 5.91 Å². The molecule has 1 aliphatic heterocycles. The number of ether oxygens (including phenoxy) is 1. The van der Waals surface area contributed by atoms with Gasteiger partial charge in [0.1, 0.15) is 6.61 Å². The quantitative estimate of drug-likeness (QED) is 0.348. The van der Waals surface area contributed by atoms with Gasteiger partial charge in [0.05, 0.1) is 13.2 Å². The summed E-state index contributed by atoms with van der Waals surface area (Å²) in [4.78, 5) is 33.1. The van der Waals surface area contributed by atoms with E-state index >= 15 is 0 Å². The lowest BCUT2D eigenvalue weighted by Crippen LogP contribution is -2.46. The van der Waals surface area contributed by atoms with Crippen molar-refractivity contribution < 1.29 is 19.5 Å². The van der Waals surface area contributed by atoms with Crippen LogP contribution >= 0.6 is 0 Å². The molecule has 0 saturated heterocycles. The molecule has 1 heterocycles. The van der Waals surface area contributed by atoms with Crippen molar-refractivity contribution in [1.29, 1.82) is 0 Å². The molecule has 0 aromatic rings. The van der Waals surface area contributed by atoms with E-state index in [9.17, 15) is 14.9 Å². The molecule has 2 aliphatic rings. The molecular formula is C15H25N3O5. The number of aliphatic imine (C=N–C) groups is 1. The largest absolute Gasteiger partial charge is 0.463 e. The smallest absolute Gasteiger partial charge is 0.294 e. The van der Waals surface area contributed by atoms with E-state index < -0.39 is 5.09 Å². The van der Waals surface area contributed by atoms with Crippen molar-refractivity contribution in [3.05, 3.63) is 10.1 Å². The van der Waals surface area contributed by atoms with Crippen LogP contribution in [0, 0.1) is 16.0 Å². The Morgan fingerprint density at radius 1 is 1.52 bits per heavy atom. The molecule has 0 bridgehead atoms. The SMILES string of the molecule is CCCC(C1CC1)N(C(=O)CCCCO[N+](=O)[O-])C1=NCCO1. The highest BCUT2D eigenvalue weighted by atomic mass is 16.9. The van der Waals surface area contributed by atoms with Crippen LogP contribution < -0.4 is 0 Å². The molecule has 0 aromatic heterocycles. The van der Waals surface area contributed by atoms with Gasteiger partial charge in [-0.05, 0) is 38.0 Å². The number of hydrogen-bond acceptors (Lipinski definition) is 6. The van der Waals surface area contributed by atoms with Crippen LogP contribution in [-0.2, 0) is 14.4 Å². The van der Waals surface area contributed by atoms with Gasteiger partial charge in [-0.3, -0.25) is 9.69 Å². The van der Waals surface area contributed by atoms with Gasteiger partial charge in [-0.15, -0.1) is 10.1 Å². The summed E-state index contributed by atoms with van der Waals surface area (Å²) in [5, 5.41) is 9.29. The predicted molar refractivity (Wildman–Crippen MR) is 83.3 cm³/mol. The third-order valence-electron chi connectivity index (χ3n) is 4.11. The number of hydrogen-bond donors (Lipinski definition) is 0. The Balaban J connectivity index is 1.90. The van der Waals surface area contributed by atoms with Gasteiger partial charge < -0.3 is 9.57 Å². The minimum Gasteiger partial charge on any atom is -0.463 e. The van der Waals surface area contributed by atoms with Crippen LogP contribution in [0.4, 0.5) is 0 Å². The summed E-state index contributed by atoms with van der Waals surface area (Å²) >= 11 is 0. The van der Waals surface area contributed by atoms with Crippen LogP contribution in [0.2, 0.25) is 0 Å². The molecule has 0 spiro atoms. The Kier molecular flexibility index (Phi) is 6.61. The Bertz CT molecular complexity index is 450. The van der Waals surface area contributed by atoms with Crippen molar-refractivity contribution in [3.63, 3.8) is 0 Å². The van der Waals surface area contributed by atoms with E-state index in [0.29, 0.717) is 44.4 Å². The highest BCUT2D eigenvalue weighted by Crippen LogP contribution is 2.38. The molecule has 8 nitrogen and oxygen atoms in total. The van der Waals surface area contributed by atoms with Crippen LogP contribution in [0.15, 0.2) is 4.99 Å². The number of rotatable bonds is 10. The van der Waals surface area contributed by atoms with E-state index in [1.165, 1.54) is 0 Å². The zero-order valence-electron chi connectivity index (χ0n) is 13.6. The molecule has 1 aliphatic carbocycles. The monoisotopic (exact) mass is 327 g/mol. The lowest BCUT2D eigenvalue weighted by Gasteiger charge is -2.30. The van der Waals surface area contributed by atoms with Crippen LogP contribution in [-0.4, -0.2) is 47.7 Å². The molecule has 1 fully saturated rings. The lowest BCUT2D eigenvalue weighted by atomic mass is 10.0. The van der Waals surface area contributed by atoms with Gasteiger partial charge in [-0.2, -0.15) is 0 Å². The number of carbonyl (C=O) groups is 1. The van der Waals surface area contributed by atoms with Crippen molar-refractivity contribution in [3.8, 4) is 0 Å². The van der Waals surface area contributed by atoms with Gasteiger partial charge >= 0.3 is 0 Å². The Labute approximate surface area is 135 Å². The van der Waals surface area contributed by atoms with Crippen molar-refractivity contribution in [1.82, 2.24) is 4.90 Å². The Morgan fingerprint density at radius 2 is 2.30 bits per heavy atom. The molecule has 1 unspecified atom stereocenters. The van der Waals surface area contributed by atoms with Crippen molar-refractivity contribution in [2.75, 3.05) is 19.8 Å². The third-order valence-corrected chi connectivity index (χ3v) is 4.11. The van der Waals surface area contributed by atoms with Crippen LogP contribution in [0.1, 0.15) is 51.9 Å². The van der Waals surface area contributed by atoms with Crippen LogP contribution in [0.5, 0.6) is 0 Å². The average Bonchev–Trinajstić information content (AvgIpc) is 3.22. The fourth-order valence-electron chi connectivity index (χ4n) is 2.89. The summed E-state index contributed by atoms with van der Waals surface area (Å²) in [7, 11) is 0. The summed E-state index contributed by atoms with van der Waals surface area (Å²) in [5.41, 5.74) is 0. The van der Waals surface area contributed by atoms with Gasteiger partial charge in [0, 0.05) is 12.5 Å². The van der Waals surface area contributed by atoms with Gasteiger partial charge in [-0.25, -0.2) is 4.99 Å². The summed E-state index contributed by atoms with van der Waals surface area (Å²) in [6, 6.07) is 0.626. The minimum absolute atomic E-state index is 0.00268. The molecule has 2 rings (SSSR count). The molecule has 1 saturated carbocycles. The second-order valence-electron chi connectivity index (χ2n) is 5.98. The maximum atomic E-state index is 12.7. The Morgan fingerprint density at radius 3 is 2.87 bits per heavy atom. The van der Waals surface area contributed by atoms with E-state index in [2.05, 4.69) is 16.8 Å². The second kappa shape index (κ2) is 8.69. The molecule has 23 heavy (non-hydrogen) atoms. The normalized spacial score (nSPS) is 18.0. The fraction of sp³-hybridized carbons (Fsp3) is 0.867. The highest BCUT2D eigenvalue weighted by molar-refractivity contribution is 5.95.